The van der Waals surface area contributed by atoms with Crippen LogP contribution in [0.1, 0.15) is 23.2 Å². The van der Waals surface area contributed by atoms with E-state index in [0.29, 0.717) is 0 Å². The number of imidazole rings is 1. The lowest BCUT2D eigenvalue weighted by Gasteiger charge is -1.99. The molecule has 0 aromatic carbocycles. The highest BCUT2D eigenvalue weighted by Crippen LogP contribution is 2.23. The molecule has 0 fully saturated rings. The van der Waals surface area contributed by atoms with Crippen LogP contribution in [0.4, 0.5) is 0 Å². The second-order valence-corrected chi connectivity index (χ2v) is 4.17. The van der Waals surface area contributed by atoms with Gasteiger partial charge in [0.25, 0.3) is 0 Å². The van der Waals surface area contributed by atoms with E-state index in [0.717, 1.165) is 17.1 Å². The van der Waals surface area contributed by atoms with Crippen molar-refractivity contribution in [2.75, 3.05) is 0 Å². The fraction of sp³-hybridized carbons (Fsp3) is 0.444. The van der Waals surface area contributed by atoms with Gasteiger partial charge >= 0.3 is 0 Å². The molecule has 0 aliphatic rings. The largest absolute Gasteiger partial charge is 0.390 e. The number of aliphatic hydroxyl groups excluding tert-OH is 1. The molecule has 2 heterocycles. The van der Waals surface area contributed by atoms with Crippen LogP contribution in [0.25, 0.3) is 4.96 Å². The zero-order valence-corrected chi connectivity index (χ0v) is 8.56. The van der Waals surface area contributed by atoms with Crippen molar-refractivity contribution in [3.63, 3.8) is 0 Å². The van der Waals surface area contributed by atoms with Gasteiger partial charge in [-0.1, -0.05) is 6.92 Å². The maximum absolute atomic E-state index is 9.10. The highest BCUT2D eigenvalue weighted by molar-refractivity contribution is 7.17. The average Bonchev–Trinajstić information content (AvgIpc) is 2.62. The molecular weight excluding hydrogens is 184 g/mol. The molecule has 0 aliphatic carbocycles. The molecule has 0 atom stereocenters. The van der Waals surface area contributed by atoms with Crippen molar-refractivity contribution in [3.8, 4) is 0 Å². The number of hydrogen-bond acceptors (Lipinski definition) is 3. The quantitative estimate of drug-likeness (QED) is 0.794. The van der Waals surface area contributed by atoms with Gasteiger partial charge in [-0.3, -0.25) is 4.40 Å². The van der Waals surface area contributed by atoms with E-state index in [2.05, 4.69) is 23.2 Å². The molecule has 0 aliphatic heterocycles. The summed E-state index contributed by atoms with van der Waals surface area (Å²) in [4.78, 5) is 6.52. The monoisotopic (exact) mass is 196 g/mol. The number of rotatable bonds is 2. The van der Waals surface area contributed by atoms with Crippen LogP contribution < -0.4 is 0 Å². The van der Waals surface area contributed by atoms with Crippen molar-refractivity contribution in [3.05, 3.63) is 22.5 Å². The third kappa shape index (κ3) is 1.17. The summed E-state index contributed by atoms with van der Waals surface area (Å²) in [6, 6.07) is 0. The van der Waals surface area contributed by atoms with Crippen LogP contribution in [0, 0.1) is 6.92 Å². The summed E-state index contributed by atoms with van der Waals surface area (Å²) in [5.74, 6) is 0. The van der Waals surface area contributed by atoms with E-state index in [1.54, 1.807) is 17.5 Å². The molecule has 0 saturated carbocycles. The minimum absolute atomic E-state index is 0.0599. The first-order valence-electron chi connectivity index (χ1n) is 4.33. The lowest BCUT2D eigenvalue weighted by atomic mass is 10.3. The van der Waals surface area contributed by atoms with Crippen LogP contribution in [0.2, 0.25) is 0 Å². The SMILES string of the molecule is CCc1c(C)sc2ncc(CO)n12. The van der Waals surface area contributed by atoms with E-state index < -0.39 is 0 Å². The molecule has 2 rings (SSSR count). The number of hydrogen-bond donors (Lipinski definition) is 1. The molecule has 0 radical (unpaired) electrons. The van der Waals surface area contributed by atoms with Gasteiger partial charge in [-0.2, -0.15) is 0 Å². The van der Waals surface area contributed by atoms with Gasteiger partial charge in [-0.15, -0.1) is 11.3 Å². The van der Waals surface area contributed by atoms with Crippen molar-refractivity contribution in [1.82, 2.24) is 9.38 Å². The van der Waals surface area contributed by atoms with E-state index in [9.17, 15) is 0 Å². The van der Waals surface area contributed by atoms with Gasteiger partial charge < -0.3 is 5.11 Å². The Morgan fingerprint density at radius 1 is 1.62 bits per heavy atom. The van der Waals surface area contributed by atoms with E-state index in [1.807, 2.05) is 0 Å². The number of fused-ring (bicyclic) bond motifs is 1. The molecule has 0 saturated heterocycles. The summed E-state index contributed by atoms with van der Waals surface area (Å²) in [5, 5.41) is 9.10. The normalized spacial score (nSPS) is 11.3. The van der Waals surface area contributed by atoms with Crippen LogP contribution in [0.3, 0.4) is 0 Å². The zero-order chi connectivity index (χ0) is 9.42. The molecule has 2 aromatic rings. The molecular formula is C9H12N2OS. The molecule has 2 aromatic heterocycles. The minimum Gasteiger partial charge on any atom is -0.390 e. The first-order chi connectivity index (χ1) is 6.27. The van der Waals surface area contributed by atoms with Gasteiger partial charge in [-0.25, -0.2) is 4.98 Å². The van der Waals surface area contributed by atoms with Gasteiger partial charge in [0.15, 0.2) is 4.96 Å². The summed E-state index contributed by atoms with van der Waals surface area (Å²) in [5.41, 5.74) is 2.15. The summed E-state index contributed by atoms with van der Waals surface area (Å²) >= 11 is 1.68. The maximum atomic E-state index is 9.10. The summed E-state index contributed by atoms with van der Waals surface area (Å²) in [7, 11) is 0. The molecule has 3 nitrogen and oxygen atoms in total. The number of nitrogens with zero attached hydrogens (tertiary/aromatic N) is 2. The van der Waals surface area contributed by atoms with E-state index >= 15 is 0 Å². The van der Waals surface area contributed by atoms with Gasteiger partial charge in [0.1, 0.15) is 0 Å². The van der Waals surface area contributed by atoms with Crippen LogP contribution in [-0.2, 0) is 13.0 Å². The van der Waals surface area contributed by atoms with Gasteiger partial charge in [-0.05, 0) is 13.3 Å². The van der Waals surface area contributed by atoms with E-state index in [4.69, 9.17) is 5.11 Å². The maximum Gasteiger partial charge on any atom is 0.194 e. The first-order valence-corrected chi connectivity index (χ1v) is 5.15. The number of aromatic nitrogens is 2. The summed E-state index contributed by atoms with van der Waals surface area (Å²) in [6.45, 7) is 4.28. The van der Waals surface area contributed by atoms with Gasteiger partial charge in [0.2, 0.25) is 0 Å². The fourth-order valence-electron chi connectivity index (χ4n) is 1.60. The average molecular weight is 196 g/mol. The zero-order valence-electron chi connectivity index (χ0n) is 7.74. The highest BCUT2D eigenvalue weighted by atomic mass is 32.1. The topological polar surface area (TPSA) is 37.5 Å². The first kappa shape index (κ1) is 8.72. The standard InChI is InChI=1S/C9H12N2OS/c1-3-8-6(2)13-9-10-4-7(5-12)11(8)9/h4,12H,3,5H2,1-2H3. The Hall–Kier alpha value is -0.870. The lowest BCUT2D eigenvalue weighted by Crippen LogP contribution is -1.96. The molecule has 4 heteroatoms. The fourth-order valence-corrected chi connectivity index (χ4v) is 2.65. The summed E-state index contributed by atoms with van der Waals surface area (Å²) < 4.78 is 2.06. The number of aryl methyl sites for hydroxylation is 2. The smallest absolute Gasteiger partial charge is 0.194 e. The van der Waals surface area contributed by atoms with Crippen molar-refractivity contribution in [2.45, 2.75) is 26.9 Å². The highest BCUT2D eigenvalue weighted by Gasteiger charge is 2.11. The Kier molecular flexibility index (Phi) is 2.09. The van der Waals surface area contributed by atoms with E-state index in [1.165, 1.54) is 10.6 Å². The molecule has 0 spiro atoms. The predicted molar refractivity (Wildman–Crippen MR) is 53.1 cm³/mol. The van der Waals surface area contributed by atoms with E-state index in [-0.39, 0.29) is 6.61 Å². The van der Waals surface area contributed by atoms with Crippen LogP contribution in [-0.4, -0.2) is 14.5 Å². The third-order valence-corrected chi connectivity index (χ3v) is 3.23. The van der Waals surface area contributed by atoms with Crippen molar-refractivity contribution >= 4 is 16.3 Å². The number of thiazole rings is 1. The molecule has 0 unspecified atom stereocenters. The molecule has 1 N–H and O–H groups in total. The van der Waals surface area contributed by atoms with Crippen molar-refractivity contribution in [2.24, 2.45) is 0 Å². The molecule has 70 valence electrons. The van der Waals surface area contributed by atoms with Gasteiger partial charge in [0, 0.05) is 10.6 Å². The minimum atomic E-state index is 0.0599. The van der Waals surface area contributed by atoms with Crippen molar-refractivity contribution in [1.29, 1.82) is 0 Å². The van der Waals surface area contributed by atoms with Crippen LogP contribution >= 0.6 is 11.3 Å². The predicted octanol–water partition coefficient (Wildman–Crippen LogP) is 1.76. The van der Waals surface area contributed by atoms with Gasteiger partial charge in [0.05, 0.1) is 18.5 Å². The Balaban J connectivity index is 2.76. The Morgan fingerprint density at radius 3 is 3.00 bits per heavy atom. The molecule has 13 heavy (non-hydrogen) atoms. The second kappa shape index (κ2) is 3.12. The Morgan fingerprint density at radius 2 is 2.38 bits per heavy atom. The van der Waals surface area contributed by atoms with Crippen molar-refractivity contribution < 1.29 is 5.11 Å². The third-order valence-electron chi connectivity index (χ3n) is 2.22. The second-order valence-electron chi connectivity index (χ2n) is 2.98. The molecule has 0 bridgehead atoms. The molecule has 0 amide bonds. The number of aliphatic hydroxyl groups is 1. The Labute approximate surface area is 80.7 Å². The summed E-state index contributed by atoms with van der Waals surface area (Å²) in [6.07, 6.45) is 2.72. The van der Waals surface area contributed by atoms with Crippen LogP contribution in [0.15, 0.2) is 6.20 Å². The Bertz CT molecular complexity index is 430. The van der Waals surface area contributed by atoms with Crippen LogP contribution in [0.5, 0.6) is 0 Å². The lowest BCUT2D eigenvalue weighted by molar-refractivity contribution is 0.275.